The Kier molecular flexibility index (Phi) is 5.75. The van der Waals surface area contributed by atoms with E-state index in [-0.39, 0.29) is 23.3 Å². The van der Waals surface area contributed by atoms with Gasteiger partial charge in [-0.25, -0.2) is 0 Å². The summed E-state index contributed by atoms with van der Waals surface area (Å²) in [6, 6.07) is 7.92. The normalized spacial score (nSPS) is 18.8. The third kappa shape index (κ3) is 4.17. The number of benzene rings is 1. The number of ether oxygens (including phenoxy) is 1. The van der Waals surface area contributed by atoms with Crippen LogP contribution in [0.5, 0.6) is 5.75 Å². The van der Waals surface area contributed by atoms with Gasteiger partial charge in [-0.15, -0.1) is 11.8 Å². The molecule has 122 valence electrons. The van der Waals surface area contributed by atoms with Crippen LogP contribution in [-0.2, 0) is 4.79 Å². The van der Waals surface area contributed by atoms with E-state index in [1.54, 1.807) is 18.9 Å². The fraction of sp³-hybridized carbons (Fsp3) is 0.588. The lowest BCUT2D eigenvalue weighted by Gasteiger charge is -2.27. The van der Waals surface area contributed by atoms with Crippen molar-refractivity contribution >= 4 is 17.7 Å². The first kappa shape index (κ1) is 17.2. The third-order valence-electron chi connectivity index (χ3n) is 4.03. The van der Waals surface area contributed by atoms with E-state index in [2.05, 4.69) is 0 Å². The smallest absolute Gasteiger partial charge is 0.233 e. The topological polar surface area (TPSA) is 49.8 Å². The first-order valence-corrected chi connectivity index (χ1v) is 8.67. The molecule has 1 saturated heterocycles. The third-order valence-corrected chi connectivity index (χ3v) is 5.28. The molecule has 1 atom stereocenters. The molecule has 5 heteroatoms. The zero-order chi connectivity index (χ0) is 16.2. The summed E-state index contributed by atoms with van der Waals surface area (Å²) in [6.45, 7) is 5.01. The van der Waals surface area contributed by atoms with Crippen LogP contribution in [0.15, 0.2) is 24.3 Å². The minimum absolute atomic E-state index is 0.0693. The maximum atomic E-state index is 12.2. The molecule has 1 aliphatic rings. The summed E-state index contributed by atoms with van der Waals surface area (Å²) in [5.41, 5.74) is 1.03. The fourth-order valence-electron chi connectivity index (χ4n) is 2.57. The molecule has 1 unspecified atom stereocenters. The van der Waals surface area contributed by atoms with Gasteiger partial charge in [-0.3, -0.25) is 4.79 Å². The van der Waals surface area contributed by atoms with Crippen LogP contribution in [0.4, 0.5) is 0 Å². The van der Waals surface area contributed by atoms with Gasteiger partial charge in [0.25, 0.3) is 0 Å². The Hall–Kier alpha value is -1.20. The van der Waals surface area contributed by atoms with Gasteiger partial charge in [-0.1, -0.05) is 26.0 Å². The fourth-order valence-corrected chi connectivity index (χ4v) is 3.78. The predicted molar refractivity (Wildman–Crippen MR) is 90.0 cm³/mol. The van der Waals surface area contributed by atoms with E-state index in [0.29, 0.717) is 5.75 Å². The van der Waals surface area contributed by atoms with E-state index in [0.717, 1.165) is 30.7 Å². The molecular formula is C17H25NO3S. The van der Waals surface area contributed by atoms with Crippen molar-refractivity contribution in [3.63, 3.8) is 0 Å². The summed E-state index contributed by atoms with van der Waals surface area (Å²) in [4.78, 5) is 14.1. The molecule has 0 radical (unpaired) electrons. The van der Waals surface area contributed by atoms with Crippen molar-refractivity contribution in [2.45, 2.75) is 32.1 Å². The monoisotopic (exact) mass is 323 g/mol. The van der Waals surface area contributed by atoms with E-state index in [9.17, 15) is 9.90 Å². The summed E-state index contributed by atoms with van der Waals surface area (Å²) in [6.07, 6.45) is 1.81. The predicted octanol–water partition coefficient (Wildman–Crippen LogP) is 3.07. The molecule has 1 fully saturated rings. The highest BCUT2D eigenvalue weighted by atomic mass is 32.2. The summed E-state index contributed by atoms with van der Waals surface area (Å²) < 4.78 is 5.28. The van der Waals surface area contributed by atoms with Gasteiger partial charge in [-0.2, -0.15) is 0 Å². The van der Waals surface area contributed by atoms with E-state index in [4.69, 9.17) is 4.74 Å². The SMILES string of the molecule is COc1cccc(C2SCC(=O)N2CCCC(C)(C)CO)c1. The minimum Gasteiger partial charge on any atom is -0.497 e. The van der Waals surface area contributed by atoms with Crippen molar-refractivity contribution in [1.29, 1.82) is 0 Å². The van der Waals surface area contributed by atoms with Crippen LogP contribution in [0.25, 0.3) is 0 Å². The number of aliphatic hydroxyl groups is 1. The van der Waals surface area contributed by atoms with Gasteiger partial charge in [0.05, 0.1) is 12.9 Å². The van der Waals surface area contributed by atoms with Crippen molar-refractivity contribution in [2.75, 3.05) is 26.0 Å². The Morgan fingerprint density at radius 3 is 2.91 bits per heavy atom. The molecule has 1 aromatic carbocycles. The standard InChI is InChI=1S/C17H25NO3S/c1-17(2,12-19)8-5-9-18-15(20)11-22-16(18)13-6-4-7-14(10-13)21-3/h4,6-7,10,16,19H,5,8-9,11-12H2,1-3H3. The maximum absolute atomic E-state index is 12.2. The molecule has 1 heterocycles. The van der Waals surface area contributed by atoms with E-state index in [1.807, 2.05) is 43.0 Å². The molecule has 0 bridgehead atoms. The maximum Gasteiger partial charge on any atom is 0.233 e. The second kappa shape index (κ2) is 7.38. The van der Waals surface area contributed by atoms with Gasteiger partial charge in [0.15, 0.2) is 0 Å². The van der Waals surface area contributed by atoms with Gasteiger partial charge in [0.1, 0.15) is 11.1 Å². The summed E-state index contributed by atoms with van der Waals surface area (Å²) in [5, 5.41) is 9.40. The molecule has 0 spiro atoms. The van der Waals surface area contributed by atoms with Gasteiger partial charge >= 0.3 is 0 Å². The molecule has 0 aliphatic carbocycles. The van der Waals surface area contributed by atoms with Crippen LogP contribution in [-0.4, -0.2) is 41.9 Å². The molecule has 22 heavy (non-hydrogen) atoms. The number of hydrogen-bond donors (Lipinski definition) is 1. The lowest BCUT2D eigenvalue weighted by atomic mass is 9.89. The summed E-state index contributed by atoms with van der Waals surface area (Å²) in [7, 11) is 1.65. The first-order chi connectivity index (χ1) is 10.5. The number of aliphatic hydroxyl groups excluding tert-OH is 1. The van der Waals surface area contributed by atoms with Crippen LogP contribution in [0, 0.1) is 5.41 Å². The number of carbonyl (C=O) groups excluding carboxylic acids is 1. The quantitative estimate of drug-likeness (QED) is 0.838. The molecule has 0 aromatic heterocycles. The molecule has 1 amide bonds. The first-order valence-electron chi connectivity index (χ1n) is 7.63. The van der Waals surface area contributed by atoms with Crippen LogP contribution >= 0.6 is 11.8 Å². The van der Waals surface area contributed by atoms with Crippen LogP contribution < -0.4 is 4.74 Å². The van der Waals surface area contributed by atoms with Gasteiger partial charge in [-0.05, 0) is 36.0 Å². The number of nitrogens with zero attached hydrogens (tertiary/aromatic N) is 1. The highest BCUT2D eigenvalue weighted by Gasteiger charge is 2.32. The summed E-state index contributed by atoms with van der Waals surface area (Å²) in [5.74, 6) is 1.55. The lowest BCUT2D eigenvalue weighted by Crippen LogP contribution is -2.30. The van der Waals surface area contributed by atoms with Crippen molar-refractivity contribution in [1.82, 2.24) is 4.90 Å². The van der Waals surface area contributed by atoms with E-state index < -0.39 is 0 Å². The number of rotatable bonds is 7. The van der Waals surface area contributed by atoms with Crippen LogP contribution in [0.1, 0.15) is 37.6 Å². The van der Waals surface area contributed by atoms with Gasteiger partial charge in [0.2, 0.25) is 5.91 Å². The largest absolute Gasteiger partial charge is 0.497 e. The Labute approximate surface area is 136 Å². The van der Waals surface area contributed by atoms with Gasteiger partial charge in [0, 0.05) is 13.2 Å². The zero-order valence-corrected chi connectivity index (χ0v) is 14.4. The molecule has 1 N–H and O–H groups in total. The highest BCUT2D eigenvalue weighted by molar-refractivity contribution is 8.00. The molecule has 1 aromatic rings. The summed E-state index contributed by atoms with van der Waals surface area (Å²) >= 11 is 1.67. The lowest BCUT2D eigenvalue weighted by molar-refractivity contribution is -0.128. The zero-order valence-electron chi connectivity index (χ0n) is 13.5. The molecule has 1 aliphatic heterocycles. The Morgan fingerprint density at radius 2 is 2.23 bits per heavy atom. The number of thioether (sulfide) groups is 1. The van der Waals surface area contributed by atoms with Crippen LogP contribution in [0.3, 0.4) is 0 Å². The van der Waals surface area contributed by atoms with Crippen molar-refractivity contribution < 1.29 is 14.6 Å². The number of hydrogen-bond acceptors (Lipinski definition) is 4. The molecule has 2 rings (SSSR count). The molecule has 4 nitrogen and oxygen atoms in total. The highest BCUT2D eigenvalue weighted by Crippen LogP contribution is 2.39. The number of carbonyl (C=O) groups is 1. The van der Waals surface area contributed by atoms with Crippen LogP contribution in [0.2, 0.25) is 0 Å². The number of amides is 1. The molecular weight excluding hydrogens is 298 g/mol. The van der Waals surface area contributed by atoms with E-state index in [1.165, 1.54) is 0 Å². The Bertz CT molecular complexity index is 518. The van der Waals surface area contributed by atoms with E-state index >= 15 is 0 Å². The average molecular weight is 323 g/mol. The van der Waals surface area contributed by atoms with Gasteiger partial charge < -0.3 is 14.7 Å². The minimum atomic E-state index is -0.0820. The second-order valence-electron chi connectivity index (χ2n) is 6.45. The Morgan fingerprint density at radius 1 is 1.45 bits per heavy atom. The van der Waals surface area contributed by atoms with Crippen molar-refractivity contribution in [3.05, 3.63) is 29.8 Å². The number of methoxy groups -OCH3 is 1. The average Bonchev–Trinajstić information content (AvgIpc) is 2.88. The van der Waals surface area contributed by atoms with Crippen molar-refractivity contribution in [2.24, 2.45) is 5.41 Å². The Balaban J connectivity index is 2.03. The second-order valence-corrected chi connectivity index (χ2v) is 7.52. The molecule has 0 saturated carbocycles. The van der Waals surface area contributed by atoms with Crippen molar-refractivity contribution in [3.8, 4) is 5.75 Å².